The summed E-state index contributed by atoms with van der Waals surface area (Å²) in [6.45, 7) is 0. The molecule has 3 rings (SSSR count). The van der Waals surface area contributed by atoms with Gasteiger partial charge in [0, 0.05) is 12.1 Å². The highest BCUT2D eigenvalue weighted by Crippen LogP contribution is 2.23. The van der Waals surface area contributed by atoms with E-state index in [0.717, 1.165) is 56.9 Å². The number of carbonyl (C=O) groups excluding carboxylic acids is 2. The monoisotopic (exact) mass is 342 g/mol. The van der Waals surface area contributed by atoms with Crippen molar-refractivity contribution in [2.45, 2.75) is 82.2 Å². The van der Waals surface area contributed by atoms with Gasteiger partial charge in [-0.05, 0) is 31.2 Å². The number of hydrogen-bond donors (Lipinski definition) is 2. The maximum Gasteiger partial charge on any atom is 0.237 e. The molecule has 0 bridgehead atoms. The number of nitrogens with one attached hydrogen (secondary N) is 2. The number of carbonyl (C=O) groups is 2. The van der Waals surface area contributed by atoms with Gasteiger partial charge < -0.3 is 10.6 Å². The third-order valence-electron chi connectivity index (χ3n) is 5.56. The minimum Gasteiger partial charge on any atom is -0.352 e. The van der Waals surface area contributed by atoms with Gasteiger partial charge in [-0.15, -0.1) is 0 Å². The second-order valence-electron chi connectivity index (χ2n) is 7.53. The maximum atomic E-state index is 12.9. The lowest BCUT2D eigenvalue weighted by Gasteiger charge is -2.28. The molecule has 1 aromatic carbocycles. The Balaban J connectivity index is 1.69. The third kappa shape index (κ3) is 5.07. The smallest absolute Gasteiger partial charge is 0.237 e. The molecule has 2 N–H and O–H groups in total. The van der Waals surface area contributed by atoms with Crippen LogP contribution < -0.4 is 10.6 Å². The summed E-state index contributed by atoms with van der Waals surface area (Å²) in [4.78, 5) is 25.8. The summed E-state index contributed by atoms with van der Waals surface area (Å²) in [6.07, 6.45) is 11.2. The van der Waals surface area contributed by atoms with E-state index < -0.39 is 5.92 Å². The molecule has 0 aliphatic heterocycles. The minimum atomic E-state index is -0.745. The van der Waals surface area contributed by atoms with Crippen LogP contribution in [0, 0.1) is 0 Å². The Kier molecular flexibility index (Phi) is 6.48. The van der Waals surface area contributed by atoms with E-state index in [2.05, 4.69) is 10.6 Å². The Morgan fingerprint density at radius 1 is 0.720 bits per heavy atom. The normalized spacial score (nSPS) is 19.6. The number of hydrogen-bond acceptors (Lipinski definition) is 2. The zero-order valence-electron chi connectivity index (χ0n) is 15.0. The van der Waals surface area contributed by atoms with E-state index in [1.54, 1.807) is 0 Å². The highest BCUT2D eigenvalue weighted by molar-refractivity contribution is 6.05. The molecule has 136 valence electrons. The first kappa shape index (κ1) is 18.0. The van der Waals surface area contributed by atoms with Crippen LogP contribution in [0.15, 0.2) is 30.3 Å². The van der Waals surface area contributed by atoms with E-state index in [1.807, 2.05) is 30.3 Å². The molecule has 0 spiro atoms. The molecule has 2 fully saturated rings. The average molecular weight is 342 g/mol. The largest absolute Gasteiger partial charge is 0.352 e. The Morgan fingerprint density at radius 2 is 1.16 bits per heavy atom. The summed E-state index contributed by atoms with van der Waals surface area (Å²) >= 11 is 0. The van der Waals surface area contributed by atoms with Crippen molar-refractivity contribution in [3.63, 3.8) is 0 Å². The molecule has 2 saturated carbocycles. The first-order chi connectivity index (χ1) is 12.2. The van der Waals surface area contributed by atoms with Crippen molar-refractivity contribution in [3.8, 4) is 0 Å². The third-order valence-corrected chi connectivity index (χ3v) is 5.56. The van der Waals surface area contributed by atoms with Crippen LogP contribution in [-0.4, -0.2) is 23.9 Å². The lowest BCUT2D eigenvalue weighted by Crippen LogP contribution is -2.47. The van der Waals surface area contributed by atoms with Gasteiger partial charge in [0.1, 0.15) is 5.92 Å². The van der Waals surface area contributed by atoms with Crippen molar-refractivity contribution in [3.05, 3.63) is 35.9 Å². The van der Waals surface area contributed by atoms with Crippen molar-refractivity contribution >= 4 is 11.8 Å². The van der Waals surface area contributed by atoms with Crippen molar-refractivity contribution in [2.75, 3.05) is 0 Å². The molecule has 0 aromatic heterocycles. The fourth-order valence-electron chi connectivity index (χ4n) is 4.13. The summed E-state index contributed by atoms with van der Waals surface area (Å²) < 4.78 is 0. The van der Waals surface area contributed by atoms with Crippen LogP contribution in [0.25, 0.3) is 0 Å². The van der Waals surface area contributed by atoms with Gasteiger partial charge in [-0.25, -0.2) is 0 Å². The molecule has 0 atom stereocenters. The van der Waals surface area contributed by atoms with Gasteiger partial charge in [0.25, 0.3) is 0 Å². The molecule has 4 nitrogen and oxygen atoms in total. The molecule has 4 heteroatoms. The van der Waals surface area contributed by atoms with E-state index in [1.165, 1.54) is 12.8 Å². The zero-order chi connectivity index (χ0) is 17.5. The summed E-state index contributed by atoms with van der Waals surface area (Å²) in [5.41, 5.74) is 0.782. The van der Waals surface area contributed by atoms with Crippen LogP contribution >= 0.6 is 0 Å². The minimum absolute atomic E-state index is 0.147. The van der Waals surface area contributed by atoms with E-state index >= 15 is 0 Å². The van der Waals surface area contributed by atoms with E-state index in [9.17, 15) is 9.59 Å². The number of amides is 2. The van der Waals surface area contributed by atoms with Crippen molar-refractivity contribution in [1.82, 2.24) is 10.6 Å². The van der Waals surface area contributed by atoms with E-state index in [-0.39, 0.29) is 23.9 Å². The fraction of sp³-hybridized carbons (Fsp3) is 0.619. The van der Waals surface area contributed by atoms with Crippen LogP contribution in [0.4, 0.5) is 0 Å². The van der Waals surface area contributed by atoms with Gasteiger partial charge >= 0.3 is 0 Å². The van der Waals surface area contributed by atoms with E-state index in [4.69, 9.17) is 0 Å². The molecule has 2 aliphatic carbocycles. The number of rotatable bonds is 5. The topological polar surface area (TPSA) is 58.2 Å². The van der Waals surface area contributed by atoms with E-state index in [0.29, 0.717) is 0 Å². The highest BCUT2D eigenvalue weighted by Gasteiger charge is 2.31. The van der Waals surface area contributed by atoms with Crippen molar-refractivity contribution < 1.29 is 9.59 Å². The van der Waals surface area contributed by atoms with Crippen LogP contribution in [0.5, 0.6) is 0 Å². The molecule has 0 saturated heterocycles. The molecular formula is C21H30N2O2. The zero-order valence-corrected chi connectivity index (χ0v) is 15.0. The quantitative estimate of drug-likeness (QED) is 0.802. The first-order valence-electron chi connectivity index (χ1n) is 9.90. The predicted molar refractivity (Wildman–Crippen MR) is 99.2 cm³/mol. The van der Waals surface area contributed by atoms with Gasteiger partial charge in [-0.3, -0.25) is 9.59 Å². The Hall–Kier alpha value is -1.84. The second-order valence-corrected chi connectivity index (χ2v) is 7.53. The summed E-state index contributed by atoms with van der Waals surface area (Å²) in [6, 6.07) is 9.90. The molecular weight excluding hydrogens is 312 g/mol. The van der Waals surface area contributed by atoms with Gasteiger partial charge in [0.2, 0.25) is 11.8 Å². The van der Waals surface area contributed by atoms with Crippen LogP contribution in [-0.2, 0) is 9.59 Å². The van der Waals surface area contributed by atoms with Gasteiger partial charge in [0.15, 0.2) is 0 Å². The molecule has 2 amide bonds. The second kappa shape index (κ2) is 9.02. The Labute approximate surface area is 150 Å². The summed E-state index contributed by atoms with van der Waals surface area (Å²) in [5.74, 6) is -1.04. The first-order valence-corrected chi connectivity index (χ1v) is 9.90. The van der Waals surface area contributed by atoms with Crippen LogP contribution in [0.1, 0.15) is 75.7 Å². The maximum absolute atomic E-state index is 12.9. The standard InChI is InChI=1S/C21H30N2O2/c24-20(22-17-12-6-2-7-13-17)19(16-10-4-1-5-11-16)21(25)23-18-14-8-3-9-15-18/h1,4-5,10-11,17-19H,2-3,6-9,12-15H2,(H,22,24)(H,23,25). The van der Waals surface area contributed by atoms with Gasteiger partial charge in [-0.2, -0.15) is 0 Å². The van der Waals surface area contributed by atoms with Crippen LogP contribution in [0.2, 0.25) is 0 Å². The van der Waals surface area contributed by atoms with Gasteiger partial charge in [-0.1, -0.05) is 68.9 Å². The summed E-state index contributed by atoms with van der Waals surface area (Å²) in [5, 5.41) is 6.27. The fourth-order valence-corrected chi connectivity index (χ4v) is 4.13. The average Bonchev–Trinajstić information content (AvgIpc) is 2.64. The SMILES string of the molecule is O=C(NC1CCCCC1)C(C(=O)NC1CCCCC1)c1ccccc1. The Morgan fingerprint density at radius 3 is 1.60 bits per heavy atom. The molecule has 0 unspecified atom stereocenters. The Bertz CT molecular complexity index is 529. The van der Waals surface area contributed by atoms with Crippen LogP contribution in [0.3, 0.4) is 0 Å². The lowest BCUT2D eigenvalue weighted by atomic mass is 9.91. The highest BCUT2D eigenvalue weighted by atomic mass is 16.2. The molecule has 25 heavy (non-hydrogen) atoms. The molecule has 0 radical (unpaired) electrons. The lowest BCUT2D eigenvalue weighted by molar-refractivity contribution is -0.132. The molecule has 2 aliphatic rings. The molecule has 1 aromatic rings. The van der Waals surface area contributed by atoms with Crippen molar-refractivity contribution in [2.24, 2.45) is 0 Å². The molecule has 0 heterocycles. The van der Waals surface area contributed by atoms with Gasteiger partial charge in [0.05, 0.1) is 0 Å². The van der Waals surface area contributed by atoms with Crippen molar-refractivity contribution in [1.29, 1.82) is 0 Å². The number of benzene rings is 1. The summed E-state index contributed by atoms with van der Waals surface area (Å²) in [7, 11) is 0. The predicted octanol–water partition coefficient (Wildman–Crippen LogP) is 3.67.